The second-order valence-electron chi connectivity index (χ2n) is 10.1. The van der Waals surface area contributed by atoms with Crippen molar-refractivity contribution >= 4 is 18.0 Å². The second-order valence-corrected chi connectivity index (χ2v) is 10.1. The fourth-order valence-electron chi connectivity index (χ4n) is 4.95. The molecule has 0 radical (unpaired) electrons. The number of alkyl carbamates (subject to hydrolysis) is 1. The molecule has 2 aromatic rings. The lowest BCUT2D eigenvalue weighted by Crippen LogP contribution is -2.47. The molecule has 3 N–H and O–H groups in total. The Hall–Kier alpha value is -3.35. The molecule has 2 amide bonds. The Labute approximate surface area is 199 Å². The number of carbonyl (C=O) groups excluding carboxylic acids is 2. The number of aliphatic carboxylic acids is 1. The predicted molar refractivity (Wildman–Crippen MR) is 128 cm³/mol. The van der Waals surface area contributed by atoms with E-state index in [-0.39, 0.29) is 37.3 Å². The van der Waals surface area contributed by atoms with Crippen LogP contribution in [0.1, 0.15) is 50.2 Å². The molecule has 4 rings (SSSR count). The molecular weight excluding hydrogens is 432 g/mol. The molecule has 0 aromatic heterocycles. The number of ether oxygens (including phenoxy) is 1. The maximum absolute atomic E-state index is 12.6. The van der Waals surface area contributed by atoms with Gasteiger partial charge in [-0.3, -0.25) is 9.59 Å². The summed E-state index contributed by atoms with van der Waals surface area (Å²) in [5, 5.41) is 14.5. The van der Waals surface area contributed by atoms with E-state index in [2.05, 4.69) is 34.9 Å². The van der Waals surface area contributed by atoms with Gasteiger partial charge in [0.05, 0.1) is 5.41 Å². The van der Waals surface area contributed by atoms with Crippen molar-refractivity contribution in [1.29, 1.82) is 0 Å². The quantitative estimate of drug-likeness (QED) is 0.517. The van der Waals surface area contributed by atoms with Gasteiger partial charge in [0, 0.05) is 25.4 Å². The van der Waals surface area contributed by atoms with Crippen LogP contribution in [0, 0.1) is 17.3 Å². The molecule has 1 saturated carbocycles. The molecule has 7 heteroatoms. The molecule has 0 atom stereocenters. The van der Waals surface area contributed by atoms with Gasteiger partial charge in [0.1, 0.15) is 6.61 Å². The molecule has 0 unspecified atom stereocenters. The zero-order valence-electron chi connectivity index (χ0n) is 19.7. The minimum absolute atomic E-state index is 0.0121. The van der Waals surface area contributed by atoms with E-state index in [1.807, 2.05) is 24.3 Å². The highest BCUT2D eigenvalue weighted by Gasteiger charge is 2.34. The van der Waals surface area contributed by atoms with Crippen molar-refractivity contribution in [3.8, 4) is 11.1 Å². The van der Waals surface area contributed by atoms with Crippen LogP contribution < -0.4 is 10.6 Å². The van der Waals surface area contributed by atoms with Gasteiger partial charge in [-0.25, -0.2) is 4.79 Å². The summed E-state index contributed by atoms with van der Waals surface area (Å²) in [6.07, 6.45) is 1.30. The van der Waals surface area contributed by atoms with Gasteiger partial charge in [-0.15, -0.1) is 0 Å². The minimum atomic E-state index is -0.796. The number of amides is 2. The lowest BCUT2D eigenvalue weighted by Gasteiger charge is -2.35. The molecule has 0 bridgehead atoms. The van der Waals surface area contributed by atoms with Gasteiger partial charge in [-0.1, -0.05) is 48.5 Å². The number of hydrogen-bond acceptors (Lipinski definition) is 4. The van der Waals surface area contributed by atoms with Gasteiger partial charge in [0.15, 0.2) is 0 Å². The maximum atomic E-state index is 12.6. The molecular formula is C27H32N2O5. The van der Waals surface area contributed by atoms with E-state index in [0.717, 1.165) is 24.0 Å². The number of rotatable bonds is 9. The van der Waals surface area contributed by atoms with Gasteiger partial charge in [0.25, 0.3) is 0 Å². The number of fused-ring (bicyclic) bond motifs is 3. The van der Waals surface area contributed by atoms with Crippen LogP contribution in [0.2, 0.25) is 0 Å². The molecule has 0 spiro atoms. The summed E-state index contributed by atoms with van der Waals surface area (Å²) in [5.41, 5.74) is 3.85. The lowest BCUT2D eigenvalue weighted by atomic mass is 9.73. The van der Waals surface area contributed by atoms with Gasteiger partial charge in [-0.2, -0.15) is 0 Å². The highest BCUT2D eigenvalue weighted by Crippen LogP contribution is 2.44. The van der Waals surface area contributed by atoms with E-state index in [0.29, 0.717) is 12.5 Å². The Morgan fingerprint density at radius 1 is 0.941 bits per heavy atom. The molecule has 7 nitrogen and oxygen atoms in total. The van der Waals surface area contributed by atoms with E-state index >= 15 is 0 Å². The van der Waals surface area contributed by atoms with Crippen molar-refractivity contribution in [3.05, 3.63) is 59.7 Å². The van der Waals surface area contributed by atoms with E-state index < -0.39 is 17.5 Å². The first-order chi connectivity index (χ1) is 16.2. The number of hydrogen-bond donors (Lipinski definition) is 3. The van der Waals surface area contributed by atoms with Crippen LogP contribution in [0.15, 0.2) is 48.5 Å². The van der Waals surface area contributed by atoms with Crippen molar-refractivity contribution in [1.82, 2.24) is 10.6 Å². The molecule has 2 aromatic carbocycles. The summed E-state index contributed by atoms with van der Waals surface area (Å²) in [6.45, 7) is 4.47. The number of carboxylic acid groups (broad SMARTS) is 1. The second kappa shape index (κ2) is 9.87. The molecule has 2 aliphatic carbocycles. The van der Waals surface area contributed by atoms with Crippen LogP contribution in [0.25, 0.3) is 11.1 Å². The third-order valence-electron chi connectivity index (χ3n) is 6.98. The Morgan fingerprint density at radius 2 is 1.53 bits per heavy atom. The summed E-state index contributed by atoms with van der Waals surface area (Å²) in [6, 6.07) is 16.3. The van der Waals surface area contributed by atoms with E-state index in [1.54, 1.807) is 13.8 Å². The van der Waals surface area contributed by atoms with Gasteiger partial charge >= 0.3 is 12.1 Å². The average molecular weight is 465 g/mol. The summed E-state index contributed by atoms with van der Waals surface area (Å²) in [5.74, 6) is -0.398. The van der Waals surface area contributed by atoms with Gasteiger partial charge in [0.2, 0.25) is 5.91 Å². The number of nitrogens with one attached hydrogen (secondary N) is 2. The fraction of sp³-hybridized carbons (Fsp3) is 0.444. The fourth-order valence-corrected chi connectivity index (χ4v) is 4.95. The van der Waals surface area contributed by atoms with E-state index in [9.17, 15) is 14.4 Å². The third-order valence-corrected chi connectivity index (χ3v) is 6.98. The van der Waals surface area contributed by atoms with Gasteiger partial charge < -0.3 is 20.5 Å². The maximum Gasteiger partial charge on any atom is 0.407 e. The van der Waals surface area contributed by atoms with E-state index in [1.165, 1.54) is 11.1 Å². The molecule has 1 fully saturated rings. The number of carbonyl (C=O) groups is 3. The van der Waals surface area contributed by atoms with Crippen molar-refractivity contribution in [2.75, 3.05) is 19.7 Å². The molecule has 0 saturated heterocycles. The van der Waals surface area contributed by atoms with Crippen molar-refractivity contribution in [3.63, 3.8) is 0 Å². The zero-order valence-corrected chi connectivity index (χ0v) is 19.7. The normalized spacial score (nSPS) is 18.9. The average Bonchev–Trinajstić information content (AvgIpc) is 3.11. The Bertz CT molecular complexity index is 1030. The summed E-state index contributed by atoms with van der Waals surface area (Å²) in [7, 11) is 0. The first-order valence-electron chi connectivity index (χ1n) is 11.8. The highest BCUT2D eigenvalue weighted by molar-refractivity contribution is 5.83. The van der Waals surface area contributed by atoms with Crippen molar-refractivity contribution < 1.29 is 24.2 Å². The monoisotopic (exact) mass is 464 g/mol. The zero-order chi connectivity index (χ0) is 24.3. The van der Waals surface area contributed by atoms with Crippen LogP contribution in [0.5, 0.6) is 0 Å². The largest absolute Gasteiger partial charge is 0.481 e. The van der Waals surface area contributed by atoms with Crippen molar-refractivity contribution in [2.24, 2.45) is 17.3 Å². The summed E-state index contributed by atoms with van der Waals surface area (Å²) < 4.78 is 5.55. The van der Waals surface area contributed by atoms with Crippen LogP contribution in [0.4, 0.5) is 4.79 Å². The Balaban J connectivity index is 1.22. The lowest BCUT2D eigenvalue weighted by molar-refractivity contribution is -0.139. The number of benzene rings is 2. The first kappa shape index (κ1) is 23.8. The Morgan fingerprint density at radius 3 is 2.12 bits per heavy atom. The minimum Gasteiger partial charge on any atom is -0.481 e. The smallest absolute Gasteiger partial charge is 0.407 e. The highest BCUT2D eigenvalue weighted by atomic mass is 16.5. The van der Waals surface area contributed by atoms with Crippen molar-refractivity contribution in [2.45, 2.75) is 39.0 Å². The van der Waals surface area contributed by atoms with Crippen LogP contribution in [-0.4, -0.2) is 42.8 Å². The topological polar surface area (TPSA) is 105 Å². The number of carboxylic acids is 1. The van der Waals surface area contributed by atoms with E-state index in [4.69, 9.17) is 9.84 Å². The van der Waals surface area contributed by atoms with Crippen LogP contribution in [0.3, 0.4) is 0 Å². The van der Waals surface area contributed by atoms with Crippen LogP contribution >= 0.6 is 0 Å². The summed E-state index contributed by atoms with van der Waals surface area (Å²) in [4.78, 5) is 35.8. The molecule has 34 heavy (non-hydrogen) atoms. The molecule has 2 aliphatic rings. The standard InChI is InChI=1S/C27H32N2O5/c1-27(2,25(32)28-14-18-11-17(12-18)13-24(30)31)16-29-26(33)34-15-23-21-9-5-3-7-19(21)20-8-4-6-10-22(20)23/h3-10,17-18,23H,11-16H2,1-2H3,(H,28,32)(H,29,33)(H,30,31). The third kappa shape index (κ3) is 5.24. The van der Waals surface area contributed by atoms with Crippen LogP contribution in [-0.2, 0) is 14.3 Å². The molecule has 180 valence electrons. The molecule has 0 heterocycles. The first-order valence-corrected chi connectivity index (χ1v) is 11.8. The molecule has 0 aliphatic heterocycles. The SMILES string of the molecule is CC(C)(CNC(=O)OCC1c2ccccc2-c2ccccc21)C(=O)NCC1CC(CC(=O)O)C1. The predicted octanol–water partition coefficient (Wildman–Crippen LogP) is 4.17. The Kier molecular flexibility index (Phi) is 6.91. The van der Waals surface area contributed by atoms with Gasteiger partial charge in [-0.05, 0) is 60.8 Å². The summed E-state index contributed by atoms with van der Waals surface area (Å²) >= 11 is 0.